The lowest BCUT2D eigenvalue weighted by Gasteiger charge is -2.39. The minimum Gasteiger partial charge on any atom is -0.478 e. The van der Waals surface area contributed by atoms with E-state index in [0.29, 0.717) is 13.5 Å². The van der Waals surface area contributed by atoms with Crippen LogP contribution in [0, 0.1) is 0 Å². The van der Waals surface area contributed by atoms with E-state index in [2.05, 4.69) is 46.2 Å². The van der Waals surface area contributed by atoms with Crippen molar-refractivity contribution >= 4 is 0 Å². The molecule has 2 heterocycles. The van der Waals surface area contributed by atoms with Crippen molar-refractivity contribution < 1.29 is 19.7 Å². The standard InChI is InChI=1S/C36H54N2O4/c1-28(39)16-20-37-24-30-22-32(12-14-34(30)41-26-37)36(18-10-8-6-4-3-5-7-9-11-19-36)33-13-15-35-31(23-33)25-38(27-42-35)21-17-29(2)40/h12-15,22-23,28-29,39-40H,3-11,16-21,24-27H2,1-2H3. The van der Waals surface area contributed by atoms with Crippen LogP contribution in [0.2, 0.25) is 0 Å². The second-order valence-corrected chi connectivity index (χ2v) is 13.3. The van der Waals surface area contributed by atoms with E-state index in [1.54, 1.807) is 0 Å². The summed E-state index contributed by atoms with van der Waals surface area (Å²) < 4.78 is 12.4. The molecule has 1 saturated carbocycles. The fraction of sp³-hybridized carbons (Fsp3) is 0.667. The topological polar surface area (TPSA) is 65.4 Å². The second kappa shape index (κ2) is 15.1. The third-order valence-electron chi connectivity index (χ3n) is 9.75. The number of rotatable bonds is 8. The second-order valence-electron chi connectivity index (χ2n) is 13.3. The first kappa shape index (κ1) is 31.3. The molecule has 0 radical (unpaired) electrons. The number of aliphatic hydroxyl groups is 2. The average Bonchev–Trinajstić information content (AvgIpc) is 2.98. The lowest BCUT2D eigenvalue weighted by Crippen LogP contribution is -2.35. The Morgan fingerprint density at radius 2 is 1.05 bits per heavy atom. The summed E-state index contributed by atoms with van der Waals surface area (Å²) in [5.74, 6) is 2.01. The fourth-order valence-electron chi connectivity index (χ4n) is 7.16. The van der Waals surface area contributed by atoms with Crippen LogP contribution in [0.4, 0.5) is 0 Å². The molecule has 2 aromatic rings. The molecule has 6 nitrogen and oxygen atoms in total. The van der Waals surface area contributed by atoms with E-state index in [1.165, 1.54) is 80.0 Å². The zero-order chi connectivity index (χ0) is 29.4. The van der Waals surface area contributed by atoms with Crippen LogP contribution in [-0.4, -0.2) is 58.8 Å². The van der Waals surface area contributed by atoms with Gasteiger partial charge in [-0.2, -0.15) is 0 Å². The van der Waals surface area contributed by atoms with Crippen molar-refractivity contribution in [1.29, 1.82) is 0 Å². The van der Waals surface area contributed by atoms with Gasteiger partial charge in [0, 0.05) is 42.7 Å². The minimum atomic E-state index is -0.298. The number of nitrogens with zero attached hydrogens (tertiary/aromatic N) is 2. The molecule has 0 amide bonds. The van der Waals surface area contributed by atoms with Gasteiger partial charge in [-0.1, -0.05) is 69.9 Å². The molecule has 6 heteroatoms. The van der Waals surface area contributed by atoms with Gasteiger partial charge in [0.25, 0.3) is 0 Å². The number of fused-ring (bicyclic) bond motifs is 2. The minimum absolute atomic E-state index is 0.0486. The van der Waals surface area contributed by atoms with E-state index in [4.69, 9.17) is 9.47 Å². The van der Waals surface area contributed by atoms with Gasteiger partial charge in [-0.25, -0.2) is 0 Å². The first-order valence-corrected chi connectivity index (χ1v) is 16.8. The zero-order valence-corrected chi connectivity index (χ0v) is 26.2. The Balaban J connectivity index is 1.48. The van der Waals surface area contributed by atoms with E-state index in [-0.39, 0.29) is 17.6 Å². The third kappa shape index (κ3) is 8.07. The predicted octanol–water partition coefficient (Wildman–Crippen LogP) is 7.12. The molecule has 1 aliphatic carbocycles. The van der Waals surface area contributed by atoms with Crippen LogP contribution < -0.4 is 9.47 Å². The smallest absolute Gasteiger partial charge is 0.142 e. The fourth-order valence-corrected chi connectivity index (χ4v) is 7.16. The average molecular weight is 579 g/mol. The highest BCUT2D eigenvalue weighted by Gasteiger charge is 2.36. The van der Waals surface area contributed by atoms with Gasteiger partial charge in [0.15, 0.2) is 0 Å². The Morgan fingerprint density at radius 3 is 1.45 bits per heavy atom. The Morgan fingerprint density at radius 1 is 0.643 bits per heavy atom. The monoisotopic (exact) mass is 578 g/mol. The van der Waals surface area contributed by atoms with Crippen molar-refractivity contribution in [2.24, 2.45) is 0 Å². The molecule has 0 bridgehead atoms. The van der Waals surface area contributed by atoms with Crippen LogP contribution in [0.1, 0.15) is 120 Å². The molecule has 2 aromatic carbocycles. The van der Waals surface area contributed by atoms with Gasteiger partial charge in [0.05, 0.1) is 12.2 Å². The molecular formula is C36H54N2O4. The first-order valence-electron chi connectivity index (χ1n) is 16.8. The molecule has 2 N–H and O–H groups in total. The normalized spacial score (nSPS) is 21.9. The van der Waals surface area contributed by atoms with Crippen molar-refractivity contribution in [3.63, 3.8) is 0 Å². The van der Waals surface area contributed by atoms with Gasteiger partial charge in [0.1, 0.15) is 25.0 Å². The molecule has 42 heavy (non-hydrogen) atoms. The summed E-state index contributed by atoms with van der Waals surface area (Å²) in [5.41, 5.74) is 5.32. The van der Waals surface area contributed by atoms with Crippen LogP contribution in [0.15, 0.2) is 36.4 Å². The molecule has 0 spiro atoms. The van der Waals surface area contributed by atoms with Crippen LogP contribution in [0.5, 0.6) is 11.5 Å². The SMILES string of the molecule is CC(O)CCN1COc2ccc(C3(c4ccc5c(c4)CN(CCC(C)O)CO5)CCCCCCCCCCC3)cc2C1. The third-order valence-corrected chi connectivity index (χ3v) is 9.75. The van der Waals surface area contributed by atoms with Gasteiger partial charge < -0.3 is 19.7 Å². The van der Waals surface area contributed by atoms with Crippen molar-refractivity contribution in [2.45, 2.75) is 128 Å². The lowest BCUT2D eigenvalue weighted by molar-refractivity contribution is 0.0765. The Hall–Kier alpha value is -2.12. The van der Waals surface area contributed by atoms with Crippen molar-refractivity contribution in [1.82, 2.24) is 9.80 Å². The zero-order valence-electron chi connectivity index (χ0n) is 26.2. The van der Waals surface area contributed by atoms with Gasteiger partial charge in [-0.3, -0.25) is 9.80 Å². The number of aliphatic hydroxyl groups excluding tert-OH is 2. The maximum absolute atomic E-state index is 9.85. The Bertz CT molecular complexity index is 1050. The largest absolute Gasteiger partial charge is 0.478 e. The maximum atomic E-state index is 9.85. The summed E-state index contributed by atoms with van der Waals surface area (Å²) in [6.45, 7) is 8.29. The molecule has 2 unspecified atom stereocenters. The van der Waals surface area contributed by atoms with Crippen LogP contribution in [-0.2, 0) is 18.5 Å². The van der Waals surface area contributed by atoms with E-state index in [0.717, 1.165) is 63.4 Å². The maximum Gasteiger partial charge on any atom is 0.142 e. The van der Waals surface area contributed by atoms with E-state index in [1.807, 2.05) is 13.8 Å². The molecule has 2 atom stereocenters. The Labute approximate surface area is 254 Å². The summed E-state index contributed by atoms with van der Waals surface area (Å²) >= 11 is 0. The van der Waals surface area contributed by atoms with Crippen LogP contribution in [0.3, 0.4) is 0 Å². The van der Waals surface area contributed by atoms with E-state index >= 15 is 0 Å². The quantitative estimate of drug-likeness (QED) is 0.348. The summed E-state index contributed by atoms with van der Waals surface area (Å²) in [7, 11) is 0. The summed E-state index contributed by atoms with van der Waals surface area (Å²) in [6, 6.07) is 14.0. The summed E-state index contributed by atoms with van der Waals surface area (Å²) in [5, 5.41) is 19.7. The molecule has 2 aliphatic heterocycles. The first-order chi connectivity index (χ1) is 20.4. The van der Waals surface area contributed by atoms with Crippen LogP contribution >= 0.6 is 0 Å². The van der Waals surface area contributed by atoms with Crippen molar-refractivity contribution in [3.8, 4) is 11.5 Å². The van der Waals surface area contributed by atoms with E-state index in [9.17, 15) is 10.2 Å². The molecular weight excluding hydrogens is 524 g/mol. The number of hydrogen-bond donors (Lipinski definition) is 2. The van der Waals surface area contributed by atoms with Crippen molar-refractivity contribution in [2.75, 3.05) is 26.6 Å². The molecule has 0 aromatic heterocycles. The highest BCUT2D eigenvalue weighted by Crippen LogP contribution is 2.45. The summed E-state index contributed by atoms with van der Waals surface area (Å²) in [6.07, 6.45) is 15.1. The number of benzene rings is 2. The van der Waals surface area contributed by atoms with E-state index < -0.39 is 0 Å². The number of hydrogen-bond acceptors (Lipinski definition) is 6. The van der Waals surface area contributed by atoms with Crippen molar-refractivity contribution in [3.05, 3.63) is 58.7 Å². The molecule has 5 rings (SSSR count). The molecule has 1 fully saturated rings. The highest BCUT2D eigenvalue weighted by atomic mass is 16.5. The molecule has 232 valence electrons. The lowest BCUT2D eigenvalue weighted by atomic mass is 9.67. The van der Waals surface area contributed by atoms with Gasteiger partial charge >= 0.3 is 0 Å². The van der Waals surface area contributed by atoms with Crippen LogP contribution in [0.25, 0.3) is 0 Å². The van der Waals surface area contributed by atoms with Gasteiger partial charge in [0.2, 0.25) is 0 Å². The predicted molar refractivity (Wildman–Crippen MR) is 169 cm³/mol. The molecule has 0 saturated heterocycles. The highest BCUT2D eigenvalue weighted by molar-refractivity contribution is 5.49. The van der Waals surface area contributed by atoms with Gasteiger partial charge in [-0.05, 0) is 74.9 Å². The summed E-state index contributed by atoms with van der Waals surface area (Å²) in [4.78, 5) is 4.62. The van der Waals surface area contributed by atoms with Gasteiger partial charge in [-0.15, -0.1) is 0 Å². The number of ether oxygens (including phenoxy) is 2. The Kier molecular flexibility index (Phi) is 11.2. The molecule has 3 aliphatic rings.